The maximum atomic E-state index is 13.5. The van der Waals surface area contributed by atoms with Gasteiger partial charge in [-0.3, -0.25) is 9.59 Å². The fraction of sp³-hybridized carbons (Fsp3) is 0.308. The van der Waals surface area contributed by atoms with Crippen LogP contribution in [0.15, 0.2) is 59.4 Å². The van der Waals surface area contributed by atoms with Crippen molar-refractivity contribution in [1.29, 1.82) is 0 Å². The van der Waals surface area contributed by atoms with Crippen LogP contribution < -0.4 is 5.56 Å². The van der Waals surface area contributed by atoms with E-state index in [0.717, 1.165) is 39.5 Å². The summed E-state index contributed by atoms with van der Waals surface area (Å²) in [5.74, 6) is 0.489. The maximum absolute atomic E-state index is 13.5. The maximum Gasteiger partial charge on any atom is 0.250 e. The Kier molecular flexibility index (Phi) is 4.44. The minimum absolute atomic E-state index is 0.0678. The summed E-state index contributed by atoms with van der Waals surface area (Å²) in [4.78, 5) is 31.2. The van der Waals surface area contributed by atoms with Gasteiger partial charge in [-0.15, -0.1) is 0 Å². The molecule has 2 bridgehead atoms. The van der Waals surface area contributed by atoms with Crippen LogP contribution in [0.1, 0.15) is 36.4 Å². The Balaban J connectivity index is 1.29. The number of nitrogens with one attached hydrogen (secondary N) is 1. The molecule has 0 unspecified atom stereocenters. The molecule has 2 aromatic heterocycles. The number of hydrogen-bond acceptors (Lipinski definition) is 2. The average molecular weight is 446 g/mol. The van der Waals surface area contributed by atoms with Crippen molar-refractivity contribution in [3.05, 3.63) is 81.2 Å². The van der Waals surface area contributed by atoms with E-state index in [-0.39, 0.29) is 23.3 Å². The summed E-state index contributed by atoms with van der Waals surface area (Å²) >= 11 is 6.18. The standard InChI is InChI=1S/C26H24ClN3O2/c1-15(17-5-7-20-21-11-19(27)6-8-22(21)28-23(20)10-17)26(32)29-12-16-9-18(14-29)24-3-2-4-25(31)30(24)13-16/h2-8,10-11,15-16,18,28H,9,12-14H2,1H3/t15-,16+,18-/m1/s1. The molecule has 2 aliphatic rings. The van der Waals surface area contributed by atoms with Gasteiger partial charge in [-0.2, -0.15) is 0 Å². The molecule has 1 amide bonds. The third-order valence-corrected chi connectivity index (χ3v) is 7.48. The Morgan fingerprint density at radius 2 is 1.91 bits per heavy atom. The fourth-order valence-corrected chi connectivity index (χ4v) is 5.83. The number of amides is 1. The summed E-state index contributed by atoms with van der Waals surface area (Å²) in [5, 5.41) is 2.92. The number of benzene rings is 2. The largest absolute Gasteiger partial charge is 0.355 e. The van der Waals surface area contributed by atoms with Crippen molar-refractivity contribution in [2.45, 2.75) is 31.7 Å². The third-order valence-electron chi connectivity index (χ3n) is 7.25. The van der Waals surface area contributed by atoms with Crippen molar-refractivity contribution in [2.24, 2.45) is 5.92 Å². The number of rotatable bonds is 2. The highest BCUT2D eigenvalue weighted by Crippen LogP contribution is 2.36. The minimum atomic E-state index is -0.230. The highest BCUT2D eigenvalue weighted by molar-refractivity contribution is 6.31. The Morgan fingerprint density at radius 1 is 1.03 bits per heavy atom. The van der Waals surface area contributed by atoms with Crippen molar-refractivity contribution >= 4 is 39.3 Å². The van der Waals surface area contributed by atoms with Gasteiger partial charge in [-0.1, -0.05) is 29.8 Å². The fourth-order valence-electron chi connectivity index (χ4n) is 5.66. The first-order valence-corrected chi connectivity index (χ1v) is 11.5. The molecule has 5 nitrogen and oxygen atoms in total. The number of pyridine rings is 1. The summed E-state index contributed by atoms with van der Waals surface area (Å²) in [6, 6.07) is 17.6. The monoisotopic (exact) mass is 445 g/mol. The Bertz CT molecular complexity index is 1440. The molecule has 0 spiro atoms. The average Bonchev–Trinajstić information content (AvgIpc) is 3.15. The zero-order valence-corrected chi connectivity index (χ0v) is 18.6. The molecule has 3 atom stereocenters. The molecule has 1 fully saturated rings. The summed E-state index contributed by atoms with van der Waals surface area (Å²) in [6.07, 6.45) is 1.05. The minimum Gasteiger partial charge on any atom is -0.355 e. The molecule has 0 saturated carbocycles. The lowest BCUT2D eigenvalue weighted by atomic mass is 9.82. The molecule has 1 N–H and O–H groups in total. The number of hydrogen-bond donors (Lipinski definition) is 1. The van der Waals surface area contributed by atoms with E-state index in [4.69, 9.17) is 11.6 Å². The normalized spacial score (nSPS) is 21.0. The van der Waals surface area contributed by atoms with E-state index in [1.165, 1.54) is 0 Å². The Hall–Kier alpha value is -3.05. The SMILES string of the molecule is C[C@@H](C(=O)N1C[C@@H]2C[C@H](C1)c1cccc(=O)n1C2)c1ccc2c(c1)[nH]c1ccc(Cl)cc12. The lowest BCUT2D eigenvalue weighted by Crippen LogP contribution is -2.50. The topological polar surface area (TPSA) is 58.1 Å². The van der Waals surface area contributed by atoms with Crippen molar-refractivity contribution in [2.75, 3.05) is 13.1 Å². The van der Waals surface area contributed by atoms with E-state index < -0.39 is 0 Å². The van der Waals surface area contributed by atoms with E-state index in [1.54, 1.807) is 6.07 Å². The molecule has 4 aromatic rings. The van der Waals surface area contributed by atoms with Gasteiger partial charge in [0.25, 0.3) is 5.56 Å². The number of carbonyl (C=O) groups is 1. The molecule has 6 heteroatoms. The van der Waals surface area contributed by atoms with Crippen LogP contribution in [-0.2, 0) is 11.3 Å². The third kappa shape index (κ3) is 3.06. The van der Waals surface area contributed by atoms with Crippen molar-refractivity contribution < 1.29 is 4.79 Å². The van der Waals surface area contributed by atoms with Gasteiger partial charge >= 0.3 is 0 Å². The summed E-state index contributed by atoms with van der Waals surface area (Å²) in [6.45, 7) is 4.09. The van der Waals surface area contributed by atoms with Gasteiger partial charge in [-0.05, 0) is 55.2 Å². The smallest absolute Gasteiger partial charge is 0.250 e. The van der Waals surface area contributed by atoms with Gasteiger partial charge in [0.15, 0.2) is 0 Å². The lowest BCUT2D eigenvalue weighted by Gasteiger charge is -2.43. The first-order chi connectivity index (χ1) is 15.5. The highest BCUT2D eigenvalue weighted by Gasteiger charge is 2.37. The summed E-state index contributed by atoms with van der Waals surface area (Å²) in [7, 11) is 0. The molecule has 32 heavy (non-hydrogen) atoms. The van der Waals surface area contributed by atoms with Gasteiger partial charge in [0.1, 0.15) is 0 Å². The van der Waals surface area contributed by atoms with Gasteiger partial charge in [0.2, 0.25) is 5.91 Å². The van der Waals surface area contributed by atoms with Crippen LogP contribution >= 0.6 is 11.6 Å². The van der Waals surface area contributed by atoms with Crippen molar-refractivity contribution in [3.63, 3.8) is 0 Å². The lowest BCUT2D eigenvalue weighted by molar-refractivity contribution is -0.135. The number of likely N-dealkylation sites (tertiary alicyclic amines) is 1. The number of carbonyl (C=O) groups excluding carboxylic acids is 1. The van der Waals surface area contributed by atoms with Crippen molar-refractivity contribution in [3.8, 4) is 0 Å². The first-order valence-electron chi connectivity index (χ1n) is 11.2. The second kappa shape index (κ2) is 7.24. The molecule has 162 valence electrons. The number of fused-ring (bicyclic) bond motifs is 7. The molecular weight excluding hydrogens is 422 g/mol. The number of aromatic amines is 1. The number of halogens is 1. The van der Waals surface area contributed by atoms with Crippen LogP contribution in [0.5, 0.6) is 0 Å². The molecule has 0 radical (unpaired) electrons. The molecular formula is C26H24ClN3O2. The van der Waals surface area contributed by atoms with Crippen LogP contribution in [0.2, 0.25) is 5.02 Å². The zero-order chi connectivity index (χ0) is 22.0. The van der Waals surface area contributed by atoms with Crippen LogP contribution in [0, 0.1) is 5.92 Å². The second-order valence-corrected chi connectivity index (χ2v) is 9.72. The van der Waals surface area contributed by atoms with Crippen molar-refractivity contribution in [1.82, 2.24) is 14.5 Å². The predicted octanol–water partition coefficient (Wildman–Crippen LogP) is 4.89. The molecule has 6 rings (SSSR count). The predicted molar refractivity (Wildman–Crippen MR) is 127 cm³/mol. The number of piperidine rings is 1. The molecule has 1 saturated heterocycles. The van der Waals surface area contributed by atoms with Gasteiger partial charge in [0.05, 0.1) is 5.92 Å². The van der Waals surface area contributed by atoms with E-state index >= 15 is 0 Å². The summed E-state index contributed by atoms with van der Waals surface area (Å²) < 4.78 is 1.90. The van der Waals surface area contributed by atoms with Crippen LogP contribution in [0.4, 0.5) is 0 Å². The second-order valence-electron chi connectivity index (χ2n) is 9.28. The number of aromatic nitrogens is 2. The first kappa shape index (κ1) is 19.6. The molecule has 2 aromatic carbocycles. The van der Waals surface area contributed by atoms with Gasteiger partial charge < -0.3 is 14.5 Å². The Labute approximate surface area is 190 Å². The molecule has 4 heterocycles. The number of nitrogens with zero attached hydrogens (tertiary/aromatic N) is 2. The molecule has 0 aliphatic carbocycles. The van der Waals surface area contributed by atoms with E-state index in [2.05, 4.69) is 23.2 Å². The van der Waals surface area contributed by atoms with Gasteiger partial charge in [0, 0.05) is 64.1 Å². The molecule has 2 aliphatic heterocycles. The zero-order valence-electron chi connectivity index (χ0n) is 17.8. The van der Waals surface area contributed by atoms with Crippen LogP contribution in [0.3, 0.4) is 0 Å². The highest BCUT2D eigenvalue weighted by atomic mass is 35.5. The van der Waals surface area contributed by atoms with Gasteiger partial charge in [-0.25, -0.2) is 0 Å². The number of H-pyrrole nitrogens is 1. The van der Waals surface area contributed by atoms with Crippen LogP contribution in [-0.4, -0.2) is 33.4 Å². The quantitative estimate of drug-likeness (QED) is 0.477. The summed E-state index contributed by atoms with van der Waals surface area (Å²) in [5.41, 5.74) is 4.20. The van der Waals surface area contributed by atoms with Crippen LogP contribution in [0.25, 0.3) is 21.8 Å². The van der Waals surface area contributed by atoms with E-state index in [1.807, 2.05) is 46.7 Å². The van der Waals surface area contributed by atoms with E-state index in [0.29, 0.717) is 30.6 Å². The van der Waals surface area contributed by atoms with E-state index in [9.17, 15) is 9.59 Å². The Morgan fingerprint density at radius 3 is 2.78 bits per heavy atom.